The number of ether oxygens (including phenoxy) is 2. The van der Waals surface area contributed by atoms with Gasteiger partial charge in [0.2, 0.25) is 0 Å². The Morgan fingerprint density at radius 1 is 1.15 bits per heavy atom. The van der Waals surface area contributed by atoms with Crippen LogP contribution in [0.3, 0.4) is 0 Å². The third kappa shape index (κ3) is 4.84. The number of hydrogen-bond donors (Lipinski definition) is 1. The number of halogens is 1. The summed E-state index contributed by atoms with van der Waals surface area (Å²) in [6.45, 7) is 4.97. The number of aryl methyl sites for hydroxylation is 2. The maximum Gasteiger partial charge on any atom is 0.336 e. The lowest BCUT2D eigenvalue weighted by Crippen LogP contribution is -2.06. The van der Waals surface area contributed by atoms with Crippen LogP contribution in [0.25, 0.3) is 11.0 Å². The normalized spacial score (nSPS) is 11.2. The van der Waals surface area contributed by atoms with Crippen LogP contribution in [0.5, 0.6) is 5.75 Å². The van der Waals surface area contributed by atoms with E-state index in [2.05, 4.69) is 4.98 Å². The van der Waals surface area contributed by atoms with Crippen LogP contribution >= 0.6 is 11.6 Å². The topological polar surface area (TPSA) is 86.5 Å². The molecular formula is C25H24ClN3O4. The van der Waals surface area contributed by atoms with Gasteiger partial charge >= 0.3 is 5.97 Å². The second-order valence-electron chi connectivity index (χ2n) is 7.81. The minimum Gasteiger partial charge on any atom is -0.489 e. The highest BCUT2D eigenvalue weighted by atomic mass is 35.5. The highest BCUT2D eigenvalue weighted by Gasteiger charge is 2.15. The van der Waals surface area contributed by atoms with Crippen molar-refractivity contribution in [1.82, 2.24) is 14.5 Å². The molecule has 4 aromatic rings. The fourth-order valence-corrected chi connectivity index (χ4v) is 4.04. The van der Waals surface area contributed by atoms with Crippen LogP contribution in [0, 0.1) is 13.8 Å². The van der Waals surface area contributed by atoms with Gasteiger partial charge in [0.25, 0.3) is 0 Å². The molecule has 0 aliphatic carbocycles. The molecule has 0 spiro atoms. The maximum atomic E-state index is 11.5. The lowest BCUT2D eigenvalue weighted by molar-refractivity contribution is 0.0694. The Labute approximate surface area is 196 Å². The molecule has 0 bridgehead atoms. The Kier molecular flexibility index (Phi) is 6.62. The molecule has 2 heterocycles. The molecule has 0 fully saturated rings. The first-order chi connectivity index (χ1) is 15.9. The average Bonchev–Trinajstić information content (AvgIpc) is 3.10. The molecule has 2 aromatic carbocycles. The number of methoxy groups -OCH3 is 1. The first kappa shape index (κ1) is 22.8. The van der Waals surface area contributed by atoms with Gasteiger partial charge in [-0.2, -0.15) is 0 Å². The molecule has 33 heavy (non-hydrogen) atoms. The molecule has 2 aromatic heterocycles. The number of aromatic carboxylic acids is 1. The summed E-state index contributed by atoms with van der Waals surface area (Å²) >= 11 is 6.48. The van der Waals surface area contributed by atoms with Crippen molar-refractivity contribution in [2.45, 2.75) is 33.6 Å². The molecule has 0 amide bonds. The van der Waals surface area contributed by atoms with Gasteiger partial charge in [-0.15, -0.1) is 0 Å². The van der Waals surface area contributed by atoms with E-state index in [9.17, 15) is 9.90 Å². The molecule has 1 N–H and O–H groups in total. The van der Waals surface area contributed by atoms with E-state index >= 15 is 0 Å². The van der Waals surface area contributed by atoms with Crippen LogP contribution in [-0.2, 0) is 24.5 Å². The Morgan fingerprint density at radius 3 is 2.67 bits per heavy atom. The van der Waals surface area contributed by atoms with E-state index < -0.39 is 5.97 Å². The molecule has 0 saturated heterocycles. The fraction of sp³-hybridized carbons (Fsp3) is 0.240. The Bertz CT molecular complexity index is 1330. The summed E-state index contributed by atoms with van der Waals surface area (Å²) in [4.78, 5) is 20.7. The van der Waals surface area contributed by atoms with E-state index in [1.54, 1.807) is 37.6 Å². The number of fused-ring (bicyclic) bond motifs is 1. The number of carbonyl (C=O) groups is 1. The third-order valence-corrected chi connectivity index (χ3v) is 5.77. The van der Waals surface area contributed by atoms with Crippen LogP contribution < -0.4 is 4.74 Å². The monoisotopic (exact) mass is 465 g/mol. The zero-order valence-electron chi connectivity index (χ0n) is 18.6. The highest BCUT2D eigenvalue weighted by Crippen LogP contribution is 2.28. The third-order valence-electron chi connectivity index (χ3n) is 5.44. The zero-order chi connectivity index (χ0) is 23.5. The zero-order valence-corrected chi connectivity index (χ0v) is 19.4. The second kappa shape index (κ2) is 9.60. The van der Waals surface area contributed by atoms with Gasteiger partial charge in [0.05, 0.1) is 40.5 Å². The van der Waals surface area contributed by atoms with E-state index in [1.807, 2.05) is 36.6 Å². The van der Waals surface area contributed by atoms with E-state index in [-0.39, 0.29) is 12.2 Å². The van der Waals surface area contributed by atoms with Crippen molar-refractivity contribution in [3.63, 3.8) is 0 Å². The summed E-state index contributed by atoms with van der Waals surface area (Å²) in [7, 11) is 1.63. The van der Waals surface area contributed by atoms with E-state index in [0.29, 0.717) is 29.5 Å². The number of hydrogen-bond acceptors (Lipinski definition) is 5. The summed E-state index contributed by atoms with van der Waals surface area (Å²) in [6.07, 6.45) is 1.76. The van der Waals surface area contributed by atoms with E-state index in [1.165, 1.54) is 0 Å². The Hall–Kier alpha value is -3.42. The molecule has 0 aliphatic rings. The molecule has 0 radical (unpaired) electrons. The number of carboxylic acids is 1. The number of benzene rings is 2. The van der Waals surface area contributed by atoms with Gasteiger partial charge in [0, 0.05) is 24.9 Å². The van der Waals surface area contributed by atoms with Crippen molar-refractivity contribution < 1.29 is 19.4 Å². The number of carboxylic acid groups (broad SMARTS) is 1. The number of rotatable bonds is 8. The first-order valence-corrected chi connectivity index (χ1v) is 10.8. The SMILES string of the molecule is COCc1cnc(Cn2c(C)nc3c(C)cc(OCc4ccccc4C(=O)O)cc32)c(Cl)c1. The van der Waals surface area contributed by atoms with E-state index in [4.69, 9.17) is 26.1 Å². The summed E-state index contributed by atoms with van der Waals surface area (Å²) < 4.78 is 13.2. The van der Waals surface area contributed by atoms with Gasteiger partial charge in [0.1, 0.15) is 18.2 Å². The second-order valence-corrected chi connectivity index (χ2v) is 8.22. The van der Waals surface area contributed by atoms with Crippen LogP contribution in [0.15, 0.2) is 48.7 Å². The molecule has 0 unspecified atom stereocenters. The molecule has 0 atom stereocenters. The predicted molar refractivity (Wildman–Crippen MR) is 126 cm³/mol. The smallest absolute Gasteiger partial charge is 0.336 e. The quantitative estimate of drug-likeness (QED) is 0.386. The largest absolute Gasteiger partial charge is 0.489 e. The fourth-order valence-electron chi connectivity index (χ4n) is 3.79. The number of pyridine rings is 1. The first-order valence-electron chi connectivity index (χ1n) is 10.4. The predicted octanol–water partition coefficient (Wildman–Crippen LogP) is 5.17. The lowest BCUT2D eigenvalue weighted by atomic mass is 10.1. The minimum absolute atomic E-state index is 0.148. The number of nitrogens with zero attached hydrogens (tertiary/aromatic N) is 3. The van der Waals surface area contributed by atoms with Crippen molar-refractivity contribution in [2.24, 2.45) is 0 Å². The summed E-state index contributed by atoms with van der Waals surface area (Å²) in [5.41, 5.74) is 5.22. The van der Waals surface area contributed by atoms with E-state index in [0.717, 1.165) is 33.7 Å². The van der Waals surface area contributed by atoms with Crippen molar-refractivity contribution >= 4 is 28.6 Å². The molecule has 7 nitrogen and oxygen atoms in total. The Balaban J connectivity index is 1.65. The number of imidazole rings is 1. The highest BCUT2D eigenvalue weighted by molar-refractivity contribution is 6.31. The molecular weight excluding hydrogens is 442 g/mol. The molecule has 0 saturated carbocycles. The standard InChI is InChI=1S/C25H24ClN3O4/c1-15-8-19(33-14-18-6-4-5-7-20(18)25(30)31)10-23-24(15)28-16(2)29(23)12-22-21(26)9-17(11-27-22)13-32-3/h4-11H,12-14H2,1-3H3,(H,30,31). The van der Waals surface area contributed by atoms with Crippen LogP contribution in [-0.4, -0.2) is 32.7 Å². The maximum absolute atomic E-state index is 11.5. The van der Waals surface area contributed by atoms with Gasteiger partial charge in [-0.25, -0.2) is 9.78 Å². The molecule has 0 aliphatic heterocycles. The van der Waals surface area contributed by atoms with Crippen LogP contribution in [0.2, 0.25) is 5.02 Å². The van der Waals surface area contributed by atoms with Crippen LogP contribution in [0.1, 0.15) is 38.6 Å². The van der Waals surface area contributed by atoms with Crippen molar-refractivity contribution in [3.8, 4) is 5.75 Å². The summed E-state index contributed by atoms with van der Waals surface area (Å²) in [5, 5.41) is 9.98. The van der Waals surface area contributed by atoms with Gasteiger partial charge in [-0.05, 0) is 43.2 Å². The van der Waals surface area contributed by atoms with Gasteiger partial charge in [-0.1, -0.05) is 29.8 Å². The molecule has 170 valence electrons. The average molecular weight is 466 g/mol. The van der Waals surface area contributed by atoms with Crippen molar-refractivity contribution in [3.05, 3.63) is 87.5 Å². The van der Waals surface area contributed by atoms with Gasteiger partial charge < -0.3 is 19.1 Å². The summed E-state index contributed by atoms with van der Waals surface area (Å²) in [6, 6.07) is 12.5. The van der Waals surface area contributed by atoms with Gasteiger partial charge in [0.15, 0.2) is 0 Å². The number of aromatic nitrogens is 3. The minimum atomic E-state index is -0.976. The molecule has 4 rings (SSSR count). The molecule has 8 heteroatoms. The Morgan fingerprint density at radius 2 is 1.94 bits per heavy atom. The van der Waals surface area contributed by atoms with Crippen LogP contribution in [0.4, 0.5) is 0 Å². The van der Waals surface area contributed by atoms with Gasteiger partial charge in [-0.3, -0.25) is 4.98 Å². The van der Waals surface area contributed by atoms with Crippen molar-refractivity contribution in [1.29, 1.82) is 0 Å². The lowest BCUT2D eigenvalue weighted by Gasteiger charge is -2.12. The van der Waals surface area contributed by atoms with Crippen molar-refractivity contribution in [2.75, 3.05) is 7.11 Å². The summed E-state index contributed by atoms with van der Waals surface area (Å²) in [5.74, 6) is 0.492.